The molecule has 0 aliphatic carbocycles. The monoisotopic (exact) mass is 758 g/mol. The molecule has 0 aliphatic rings. The molecular formula is C54H34N2OS. The summed E-state index contributed by atoms with van der Waals surface area (Å²) in [6.07, 6.45) is 0. The fraction of sp³-hybridized carbons (Fsp3) is 0. The van der Waals surface area contributed by atoms with Crippen molar-refractivity contribution < 1.29 is 4.42 Å². The molecule has 12 rings (SSSR count). The molecule has 0 spiro atoms. The first-order valence-corrected chi connectivity index (χ1v) is 20.5. The highest BCUT2D eigenvalue weighted by atomic mass is 32.1. The van der Waals surface area contributed by atoms with Crippen LogP contribution >= 0.6 is 11.3 Å². The molecule has 0 radical (unpaired) electrons. The van der Waals surface area contributed by atoms with Gasteiger partial charge in [0.05, 0.1) is 22.1 Å². The van der Waals surface area contributed by atoms with Gasteiger partial charge in [0.15, 0.2) is 0 Å². The normalized spacial score (nSPS) is 11.8. The molecule has 12 aromatic rings. The Labute approximate surface area is 338 Å². The van der Waals surface area contributed by atoms with Crippen molar-refractivity contribution in [2.24, 2.45) is 0 Å². The molecule has 3 aromatic heterocycles. The van der Waals surface area contributed by atoms with Gasteiger partial charge in [-0.25, -0.2) is 0 Å². The minimum atomic E-state index is 0.863. The number of fused-ring (bicyclic) bond motifs is 9. The van der Waals surface area contributed by atoms with Crippen molar-refractivity contribution in [3.63, 3.8) is 0 Å². The highest BCUT2D eigenvalue weighted by molar-refractivity contribution is 7.25. The number of para-hydroxylation sites is 2. The van der Waals surface area contributed by atoms with Crippen LogP contribution in [0.25, 0.3) is 91.9 Å². The average Bonchev–Trinajstić information content (AvgIpc) is 3.97. The van der Waals surface area contributed by atoms with Crippen LogP contribution in [0.2, 0.25) is 0 Å². The number of hydrogen-bond donors (Lipinski definition) is 0. The van der Waals surface area contributed by atoms with Crippen LogP contribution in [0.3, 0.4) is 0 Å². The van der Waals surface area contributed by atoms with Gasteiger partial charge in [-0.15, -0.1) is 11.3 Å². The molecule has 3 nitrogen and oxygen atoms in total. The van der Waals surface area contributed by atoms with E-state index in [1.54, 1.807) is 0 Å². The lowest BCUT2D eigenvalue weighted by Crippen LogP contribution is -2.10. The predicted octanol–water partition coefficient (Wildman–Crippen LogP) is 15.9. The van der Waals surface area contributed by atoms with Crippen LogP contribution in [0.15, 0.2) is 211 Å². The van der Waals surface area contributed by atoms with Crippen molar-refractivity contribution in [2.45, 2.75) is 0 Å². The fourth-order valence-electron chi connectivity index (χ4n) is 8.94. The first kappa shape index (κ1) is 32.8. The molecule has 3 heterocycles. The Balaban J connectivity index is 1.16. The highest BCUT2D eigenvalue weighted by Crippen LogP contribution is 2.49. The Morgan fingerprint density at radius 3 is 1.88 bits per heavy atom. The molecule has 0 amide bonds. The van der Waals surface area contributed by atoms with Gasteiger partial charge in [-0.3, -0.25) is 0 Å². The molecule has 9 aromatic carbocycles. The van der Waals surface area contributed by atoms with Crippen LogP contribution in [0, 0.1) is 0 Å². The summed E-state index contributed by atoms with van der Waals surface area (Å²) < 4.78 is 12.0. The van der Waals surface area contributed by atoms with E-state index in [-0.39, 0.29) is 0 Å². The molecule has 0 aliphatic heterocycles. The van der Waals surface area contributed by atoms with E-state index in [0.717, 1.165) is 66.9 Å². The molecule has 0 fully saturated rings. The van der Waals surface area contributed by atoms with Crippen molar-refractivity contribution in [2.75, 3.05) is 4.90 Å². The van der Waals surface area contributed by atoms with E-state index < -0.39 is 0 Å². The highest BCUT2D eigenvalue weighted by Gasteiger charge is 2.24. The third-order valence-electron chi connectivity index (χ3n) is 11.6. The topological polar surface area (TPSA) is 21.3 Å². The van der Waals surface area contributed by atoms with E-state index in [9.17, 15) is 0 Å². The summed E-state index contributed by atoms with van der Waals surface area (Å²) >= 11 is 1.85. The molecular weight excluding hydrogens is 725 g/mol. The number of anilines is 3. The number of rotatable bonds is 6. The molecule has 4 heteroatoms. The average molecular weight is 759 g/mol. The summed E-state index contributed by atoms with van der Waals surface area (Å²) in [6, 6.07) is 74.3. The summed E-state index contributed by atoms with van der Waals surface area (Å²) in [5, 5.41) is 7.15. The first-order valence-electron chi connectivity index (χ1n) is 19.7. The smallest absolute Gasteiger partial charge is 0.145 e. The molecule has 272 valence electrons. The molecule has 0 saturated heterocycles. The van der Waals surface area contributed by atoms with Gasteiger partial charge < -0.3 is 13.9 Å². The lowest BCUT2D eigenvalue weighted by atomic mass is 9.98. The minimum Gasteiger partial charge on any atom is -0.455 e. The van der Waals surface area contributed by atoms with Crippen LogP contribution in [-0.2, 0) is 0 Å². The van der Waals surface area contributed by atoms with E-state index in [1.807, 2.05) is 11.3 Å². The van der Waals surface area contributed by atoms with Crippen LogP contribution in [0.4, 0.5) is 17.1 Å². The van der Waals surface area contributed by atoms with Gasteiger partial charge in [-0.2, -0.15) is 0 Å². The largest absolute Gasteiger partial charge is 0.455 e. The molecule has 0 unspecified atom stereocenters. The van der Waals surface area contributed by atoms with Gasteiger partial charge in [-0.1, -0.05) is 127 Å². The first-order chi connectivity index (χ1) is 28.8. The second-order valence-electron chi connectivity index (χ2n) is 14.9. The maximum Gasteiger partial charge on any atom is 0.145 e. The molecule has 0 saturated carbocycles. The molecule has 0 N–H and O–H groups in total. The second-order valence-corrected chi connectivity index (χ2v) is 16.0. The number of aromatic nitrogens is 1. The van der Waals surface area contributed by atoms with Crippen molar-refractivity contribution in [1.29, 1.82) is 0 Å². The Morgan fingerprint density at radius 1 is 0.414 bits per heavy atom. The number of hydrogen-bond acceptors (Lipinski definition) is 3. The van der Waals surface area contributed by atoms with E-state index in [1.165, 1.54) is 42.0 Å². The van der Waals surface area contributed by atoms with E-state index in [2.05, 4.69) is 216 Å². The zero-order valence-corrected chi connectivity index (χ0v) is 32.2. The fourth-order valence-corrected chi connectivity index (χ4v) is 10.1. The standard InChI is InChI=1S/C54H34N2OS/c1-4-14-35(15-5-1)37-24-27-45-50(32-37)57-54-41(36-16-6-2-7-17-36)29-31-49(53(45)54)55(40-25-28-44-43-21-11-13-23-51(43)58-52(44)34-40)39-26-30-48-46(33-39)42-20-10-12-22-47(42)56(48)38-18-8-3-9-19-38/h1-34H. The molecule has 0 bridgehead atoms. The summed E-state index contributed by atoms with van der Waals surface area (Å²) in [7, 11) is 0. The van der Waals surface area contributed by atoms with Crippen molar-refractivity contribution in [3.05, 3.63) is 206 Å². The summed E-state index contributed by atoms with van der Waals surface area (Å²) in [4.78, 5) is 2.44. The van der Waals surface area contributed by atoms with E-state index in [0.29, 0.717) is 0 Å². The number of benzene rings is 9. The predicted molar refractivity (Wildman–Crippen MR) is 247 cm³/mol. The zero-order chi connectivity index (χ0) is 38.2. The van der Waals surface area contributed by atoms with Crippen LogP contribution in [-0.4, -0.2) is 4.57 Å². The van der Waals surface area contributed by atoms with Gasteiger partial charge in [0.25, 0.3) is 0 Å². The summed E-state index contributed by atoms with van der Waals surface area (Å²) in [5.74, 6) is 0. The zero-order valence-electron chi connectivity index (χ0n) is 31.3. The maximum absolute atomic E-state index is 7.03. The SMILES string of the molecule is c1ccc(-c2ccc3c(c2)oc2c(-c4ccccc4)ccc(N(c4ccc5c(c4)sc4ccccc45)c4ccc5c(c4)c4ccccc4n5-c4ccccc4)c23)cc1. The molecule has 58 heavy (non-hydrogen) atoms. The lowest BCUT2D eigenvalue weighted by Gasteiger charge is -2.27. The van der Waals surface area contributed by atoms with Crippen LogP contribution < -0.4 is 4.90 Å². The third kappa shape index (κ3) is 5.12. The Hall–Kier alpha value is -7.40. The molecule has 0 atom stereocenters. The van der Waals surface area contributed by atoms with E-state index >= 15 is 0 Å². The Bertz CT molecular complexity index is 3510. The summed E-state index contributed by atoms with van der Waals surface area (Å²) in [6.45, 7) is 0. The minimum absolute atomic E-state index is 0.863. The van der Waals surface area contributed by atoms with Gasteiger partial charge in [0.2, 0.25) is 0 Å². The lowest BCUT2D eigenvalue weighted by molar-refractivity contribution is 0.670. The summed E-state index contributed by atoms with van der Waals surface area (Å²) in [5.41, 5.74) is 12.9. The van der Waals surface area contributed by atoms with Gasteiger partial charge in [0, 0.05) is 59.0 Å². The van der Waals surface area contributed by atoms with Crippen molar-refractivity contribution in [1.82, 2.24) is 4.57 Å². The third-order valence-corrected chi connectivity index (χ3v) is 12.7. The Kier molecular flexibility index (Phi) is 7.40. The van der Waals surface area contributed by atoms with Gasteiger partial charge in [0.1, 0.15) is 11.2 Å². The van der Waals surface area contributed by atoms with Crippen LogP contribution in [0.5, 0.6) is 0 Å². The second kappa shape index (κ2) is 13.1. The van der Waals surface area contributed by atoms with Gasteiger partial charge in [-0.05, 0) is 95.6 Å². The maximum atomic E-state index is 7.03. The number of nitrogens with zero attached hydrogens (tertiary/aromatic N) is 2. The van der Waals surface area contributed by atoms with Gasteiger partial charge >= 0.3 is 0 Å². The van der Waals surface area contributed by atoms with Crippen molar-refractivity contribution in [3.8, 4) is 27.9 Å². The van der Waals surface area contributed by atoms with Crippen LogP contribution in [0.1, 0.15) is 0 Å². The van der Waals surface area contributed by atoms with E-state index in [4.69, 9.17) is 4.42 Å². The Morgan fingerprint density at radius 2 is 1.05 bits per heavy atom. The number of furan rings is 1. The number of thiophene rings is 1. The quantitative estimate of drug-likeness (QED) is 0.168. The van der Waals surface area contributed by atoms with Crippen molar-refractivity contribution >= 4 is 92.3 Å².